The molecule has 0 fully saturated rings. The molecule has 0 saturated carbocycles. The van der Waals surface area contributed by atoms with Gasteiger partial charge in [-0.1, -0.05) is 0 Å². The summed E-state index contributed by atoms with van der Waals surface area (Å²) in [5.74, 6) is 0. The number of hydrogen-bond acceptors (Lipinski definition) is 3. The third kappa shape index (κ3) is 64.3. The summed E-state index contributed by atoms with van der Waals surface area (Å²) < 4.78 is 35.6. The van der Waals surface area contributed by atoms with Gasteiger partial charge in [0.2, 0.25) is 7.45 Å². The molecule has 6 heteroatoms. The van der Waals surface area contributed by atoms with Gasteiger partial charge in [-0.15, -0.1) is 0 Å². The van der Waals surface area contributed by atoms with Crippen LogP contribution in [0, 0.1) is 0 Å². The number of rotatable bonds is 1. The fourth-order valence-electron chi connectivity index (χ4n) is 0. The minimum atomic E-state index is -3.14. The van der Waals surface area contributed by atoms with E-state index in [1.807, 2.05) is 0 Å². The molecule has 0 amide bonds. The van der Waals surface area contributed by atoms with Crippen molar-refractivity contribution in [2.45, 2.75) is 0 Å². The molecule has 0 spiro atoms. The molecular formula is C5H15FO3P2. The average Bonchev–Trinajstić information content (AvgIpc) is 1.59. The van der Waals surface area contributed by atoms with E-state index in [0.29, 0.717) is 0 Å². The smallest absolute Gasteiger partial charge is 0.238 e. The Morgan fingerprint density at radius 1 is 1.09 bits per heavy atom. The third-order valence-corrected chi connectivity index (χ3v) is 1.32. The Bertz CT molecular complexity index is 172. The molecule has 0 aliphatic heterocycles. The number of halogens is 1. The van der Waals surface area contributed by atoms with E-state index in [2.05, 4.69) is 4.52 Å². The van der Waals surface area contributed by atoms with Crippen LogP contribution in [-0.2, 0) is 13.7 Å². The van der Waals surface area contributed by atoms with Crippen LogP contribution in [0.1, 0.15) is 0 Å². The van der Waals surface area contributed by atoms with Gasteiger partial charge in [0.05, 0.1) is 0 Å². The molecule has 0 unspecified atom stereocenters. The van der Waals surface area contributed by atoms with E-state index in [4.69, 9.17) is 0 Å². The lowest BCUT2D eigenvalue weighted by Gasteiger charge is -1.98. The fraction of sp³-hybridized carbons (Fsp3) is 1.00. The zero-order chi connectivity index (χ0) is 9.71. The molecule has 0 radical (unpaired) electrons. The van der Waals surface area contributed by atoms with Crippen molar-refractivity contribution in [1.29, 1.82) is 0 Å². The SMILES string of the molecule is COP(C)(C)=O.CP(C)(=O)F. The molecule has 0 rings (SSSR count). The molecule has 0 aliphatic rings. The zero-order valence-corrected chi connectivity index (χ0v) is 9.29. The van der Waals surface area contributed by atoms with Gasteiger partial charge in [0.15, 0.2) is 7.37 Å². The molecule has 0 atom stereocenters. The average molecular weight is 204 g/mol. The highest BCUT2D eigenvalue weighted by Gasteiger charge is 1.99. The summed E-state index contributed by atoms with van der Waals surface area (Å²) in [4.78, 5) is 0. The van der Waals surface area contributed by atoms with Gasteiger partial charge in [-0.25, -0.2) is 0 Å². The van der Waals surface area contributed by atoms with Crippen molar-refractivity contribution in [2.75, 3.05) is 33.8 Å². The van der Waals surface area contributed by atoms with Crippen molar-refractivity contribution < 1.29 is 17.9 Å². The summed E-state index contributed by atoms with van der Waals surface area (Å²) in [5.41, 5.74) is 0. The third-order valence-electron chi connectivity index (χ3n) is 0.440. The summed E-state index contributed by atoms with van der Waals surface area (Å²) in [5, 5.41) is 0. The maximum Gasteiger partial charge on any atom is 0.238 e. The van der Waals surface area contributed by atoms with Gasteiger partial charge in [0.25, 0.3) is 0 Å². The highest BCUT2D eigenvalue weighted by molar-refractivity contribution is 7.57. The summed E-state index contributed by atoms with van der Waals surface area (Å²) in [6.45, 7) is 5.31. The second kappa shape index (κ2) is 5.08. The van der Waals surface area contributed by atoms with Crippen LogP contribution in [0.3, 0.4) is 0 Å². The molecule has 0 bridgehead atoms. The fourth-order valence-corrected chi connectivity index (χ4v) is 0. The molecular weight excluding hydrogens is 189 g/mol. The lowest BCUT2D eigenvalue weighted by atomic mass is 11.8. The normalized spacial score (nSPS) is 11.8. The summed E-state index contributed by atoms with van der Waals surface area (Å²) in [7, 11) is -3.84. The van der Waals surface area contributed by atoms with Gasteiger partial charge in [-0.05, 0) is 0 Å². The molecule has 3 nitrogen and oxygen atoms in total. The standard InChI is InChI=1S/C3H9O2P.C2H6FOP/c1-5-6(2,3)4;1-5(2,3)4/h1-3H3;1-2H3. The maximum atomic E-state index is 11.2. The van der Waals surface area contributed by atoms with Gasteiger partial charge < -0.3 is 4.52 Å². The summed E-state index contributed by atoms with van der Waals surface area (Å²) in [6.07, 6.45) is 0. The Kier molecular flexibility index (Phi) is 6.42. The van der Waals surface area contributed by atoms with Crippen molar-refractivity contribution in [1.82, 2.24) is 0 Å². The molecule has 0 aromatic carbocycles. The number of hydrogen-bond donors (Lipinski definition) is 0. The van der Waals surface area contributed by atoms with Crippen molar-refractivity contribution in [3.8, 4) is 0 Å². The van der Waals surface area contributed by atoms with Crippen LogP contribution in [0.5, 0.6) is 0 Å². The topological polar surface area (TPSA) is 43.4 Å². The van der Waals surface area contributed by atoms with Crippen LogP contribution in [-0.4, -0.2) is 33.8 Å². The first kappa shape index (κ1) is 13.9. The molecule has 0 heterocycles. The lowest BCUT2D eigenvalue weighted by molar-refractivity contribution is 0.404. The van der Waals surface area contributed by atoms with Crippen LogP contribution < -0.4 is 0 Å². The molecule has 0 aromatic rings. The highest BCUT2D eigenvalue weighted by atomic mass is 31.2. The van der Waals surface area contributed by atoms with Crippen LogP contribution in [0.2, 0.25) is 0 Å². The molecule has 70 valence electrons. The van der Waals surface area contributed by atoms with Crippen molar-refractivity contribution >= 4 is 14.8 Å². The van der Waals surface area contributed by atoms with Crippen molar-refractivity contribution in [3.05, 3.63) is 0 Å². The van der Waals surface area contributed by atoms with Crippen LogP contribution in [0.15, 0.2) is 0 Å². The minimum absolute atomic E-state index is 1.08. The van der Waals surface area contributed by atoms with Crippen LogP contribution in [0.25, 0.3) is 0 Å². The quantitative estimate of drug-likeness (QED) is 0.616. The van der Waals surface area contributed by atoms with E-state index in [0.717, 1.165) is 13.3 Å². The first-order chi connectivity index (χ1) is 4.56. The molecule has 0 saturated heterocycles. The highest BCUT2D eigenvalue weighted by Crippen LogP contribution is 2.36. The minimum Gasteiger partial charge on any atom is -0.332 e. The van der Waals surface area contributed by atoms with Crippen molar-refractivity contribution in [2.24, 2.45) is 0 Å². The van der Waals surface area contributed by atoms with Gasteiger partial charge in [-0.2, -0.15) is 4.20 Å². The molecule has 0 aromatic heterocycles. The predicted octanol–water partition coefficient (Wildman–Crippen LogP) is 2.66. The first-order valence-corrected chi connectivity index (χ1v) is 7.93. The Hall–Kier alpha value is 0.350. The monoisotopic (exact) mass is 204 g/mol. The van der Waals surface area contributed by atoms with E-state index in [-0.39, 0.29) is 0 Å². The van der Waals surface area contributed by atoms with Crippen LogP contribution in [0.4, 0.5) is 4.20 Å². The zero-order valence-electron chi connectivity index (χ0n) is 7.50. The van der Waals surface area contributed by atoms with Gasteiger partial charge in [-0.3, -0.25) is 9.13 Å². The molecule has 11 heavy (non-hydrogen) atoms. The maximum absolute atomic E-state index is 11.2. The van der Waals surface area contributed by atoms with Crippen molar-refractivity contribution in [3.63, 3.8) is 0 Å². The Morgan fingerprint density at radius 3 is 1.18 bits per heavy atom. The Labute approximate surface area is 67.3 Å². The second-order valence-corrected chi connectivity index (χ2v) is 7.96. The van der Waals surface area contributed by atoms with E-state index in [1.54, 1.807) is 13.3 Å². The Balaban J connectivity index is 0. The summed E-state index contributed by atoms with van der Waals surface area (Å²) >= 11 is 0. The van der Waals surface area contributed by atoms with E-state index < -0.39 is 14.8 Å². The van der Waals surface area contributed by atoms with Gasteiger partial charge in [0, 0.05) is 33.8 Å². The molecule has 0 N–H and O–H groups in total. The largest absolute Gasteiger partial charge is 0.332 e. The Morgan fingerprint density at radius 2 is 1.18 bits per heavy atom. The van der Waals surface area contributed by atoms with Gasteiger partial charge in [0.1, 0.15) is 0 Å². The van der Waals surface area contributed by atoms with Gasteiger partial charge >= 0.3 is 0 Å². The lowest BCUT2D eigenvalue weighted by Crippen LogP contribution is -1.74. The van der Waals surface area contributed by atoms with E-state index in [1.165, 1.54) is 7.11 Å². The first-order valence-electron chi connectivity index (χ1n) is 2.91. The second-order valence-electron chi connectivity index (χ2n) is 2.65. The van der Waals surface area contributed by atoms with E-state index in [9.17, 15) is 13.3 Å². The molecule has 0 aliphatic carbocycles. The summed E-state index contributed by atoms with van der Waals surface area (Å²) in [6, 6.07) is 0. The predicted molar refractivity (Wildman–Crippen MR) is 47.0 cm³/mol. The van der Waals surface area contributed by atoms with Crippen LogP contribution >= 0.6 is 14.8 Å². The van der Waals surface area contributed by atoms with E-state index >= 15 is 0 Å².